The number of hydrogen-bond acceptors (Lipinski definition) is 3. The van der Waals surface area contributed by atoms with Crippen LogP contribution in [0, 0.1) is 158 Å². The van der Waals surface area contributed by atoms with Crippen LogP contribution in [0.1, 0.15) is 442 Å². The van der Waals surface area contributed by atoms with Gasteiger partial charge in [0, 0.05) is 22.4 Å². The van der Waals surface area contributed by atoms with Crippen LogP contribution in [0.25, 0.3) is 0 Å². The highest BCUT2D eigenvalue weighted by Crippen LogP contribution is 2.74. The molecule has 7 heteroatoms. The zero-order valence-corrected chi connectivity index (χ0v) is 91.8. The minimum absolute atomic E-state index is 0.263. The number of aliphatic hydroxyl groups is 1. The third kappa shape index (κ3) is 22.7. The third-order valence-electron chi connectivity index (χ3n) is 43.0. The highest BCUT2D eigenvalue weighted by Gasteiger charge is 2.64. The van der Waals surface area contributed by atoms with Crippen molar-refractivity contribution in [2.24, 2.45) is 158 Å². The summed E-state index contributed by atoms with van der Waals surface area (Å²) in [5, 5.41) is 10.3. The number of rotatable bonds is 18. The predicted molar refractivity (Wildman–Crippen MR) is 568 cm³/mol. The van der Waals surface area contributed by atoms with Gasteiger partial charge in [0.05, 0.1) is 18.8 Å². The number of fused-ring (bicyclic) bond motifs is 12. The quantitative estimate of drug-likeness (QED) is 0.0844. The molecule has 1 spiro atoms. The molecule has 0 aromatic heterocycles. The Morgan fingerprint density at radius 2 is 0.795 bits per heavy atom. The molecule has 0 amide bonds. The first-order valence-electron chi connectivity index (χ1n) is 53.4. The lowest BCUT2D eigenvalue weighted by atomic mass is 9.37. The summed E-state index contributed by atoms with van der Waals surface area (Å²) in [6.07, 6.45) is 75.3. The molecule has 0 aromatic carbocycles. The Labute approximate surface area is 795 Å². The molecule has 1 N–H and O–H groups in total. The molecular formula is C120H202O3P4. The lowest BCUT2D eigenvalue weighted by Gasteiger charge is -2.68. The predicted octanol–water partition coefficient (Wildman–Crippen LogP) is 37.6. The van der Waals surface area contributed by atoms with E-state index >= 15 is 0 Å². The SMILES string of the molecule is C=C1CCC2C(C)(C)CCC[C@@]2(C)[C@@H]1CC/C(C)=C/COPP.C=C1CCC2C(C)(C)CCC[C@]2(C)[C@@H]1CC/C(C)=C/COPP.C=C1C[C@@]23CCC4C(C)(C)CCC[C@@]4(C)[C@@H]2C[C@@H]1CC3.C=CC(C)(O)CC[C@@H]1C(=C)CCC2C(C)(C)CCC[C@@]21C.C=C[C@@]1(C)CC[C@@H]2C(=CCC3C(C)(C)CCC[C@@]32C)C1.C=C[C@]1(C)C=C2CCC3C(C)(C)CCC[C@@]3(C)[C@@H]2CC1. The summed E-state index contributed by atoms with van der Waals surface area (Å²) < 4.78 is 10.9. The third-order valence-corrected chi connectivity index (χ3v) is 44.7. The molecule has 15 fully saturated rings. The second kappa shape index (κ2) is 41.4. The fraction of sp³-hybridized carbons (Fsp3) is 0.817. The molecule has 17 rings (SSSR count). The lowest BCUT2D eigenvalue weighted by molar-refractivity contribution is -0.167. The van der Waals surface area contributed by atoms with Gasteiger partial charge in [0.2, 0.25) is 0 Å². The smallest absolute Gasteiger partial charge is 0.0797 e. The van der Waals surface area contributed by atoms with Crippen molar-refractivity contribution in [3.63, 3.8) is 0 Å². The summed E-state index contributed by atoms with van der Waals surface area (Å²) in [5.41, 5.74) is 19.3. The number of allylic oxidation sites excluding steroid dienone is 12. The van der Waals surface area contributed by atoms with Gasteiger partial charge in [-0.2, -0.15) is 0 Å². The van der Waals surface area contributed by atoms with Crippen LogP contribution in [0.3, 0.4) is 0 Å². The Kier molecular flexibility index (Phi) is 34.6. The maximum atomic E-state index is 10.3. The fourth-order valence-electron chi connectivity index (χ4n) is 35.9. The van der Waals surface area contributed by atoms with E-state index in [4.69, 9.17) is 9.05 Å². The van der Waals surface area contributed by atoms with Gasteiger partial charge in [-0.3, -0.25) is 0 Å². The molecule has 0 saturated heterocycles. The molecule has 0 heterocycles. The highest BCUT2D eigenvalue weighted by atomic mass is 32.0. The summed E-state index contributed by atoms with van der Waals surface area (Å²) in [6, 6.07) is 0. The molecule has 0 radical (unpaired) electrons. The molecule has 2 bridgehead atoms. The van der Waals surface area contributed by atoms with E-state index in [1.54, 1.807) is 22.8 Å². The van der Waals surface area contributed by atoms with E-state index in [-0.39, 0.29) is 5.41 Å². The summed E-state index contributed by atoms with van der Waals surface area (Å²) in [5.74, 6) is 10.9. The molecular weight excluding hydrogens is 1610 g/mol. The molecule has 127 heavy (non-hydrogen) atoms. The molecule has 3 nitrogen and oxygen atoms in total. The maximum absolute atomic E-state index is 10.3. The normalized spacial score (nSPS) is 42.1. The zero-order valence-electron chi connectivity index (χ0n) is 87.4. The summed E-state index contributed by atoms with van der Waals surface area (Å²) in [7, 11) is 6.29. The summed E-state index contributed by atoms with van der Waals surface area (Å²) in [4.78, 5) is 0. The second-order valence-electron chi connectivity index (χ2n) is 53.7. The van der Waals surface area contributed by atoms with Gasteiger partial charge in [-0.1, -0.05) is 308 Å². The van der Waals surface area contributed by atoms with Crippen molar-refractivity contribution < 1.29 is 14.2 Å². The van der Waals surface area contributed by atoms with Crippen molar-refractivity contribution in [3.05, 3.63) is 133 Å². The standard InChI is InChI=1S/2C20H36OP2.C20H34O.3C20H32/c2*1-15(11-14-21-23-22)7-9-17-16(2)8-10-18-19(3,4)12-6-13-20(17,18)5;1-7-19(5,21)14-11-16-15(2)9-10-17-18(3,4)12-8-13-20(16,17)6;1-14-13-20-10-6-15(14)12-17(20)19(4)9-5-8-18(2,3)16(19)7-11-20;2*1-6-19(4)13-10-16-15(14-19)8-9-17-18(2,3)11-7-12-20(16,17)5/h2*11,17-18,23H,2,6-10,12-14,22H2,1,3-5H3;7,16-17,21H,1-2,8-14H2,3-6H3;15-17H,1,5-13H2,2-4H3;6,14,16-17H,1,7-13H2,2-5H3;6,8,16-17H,1,7,9-14H2,2-5H3/b2*15-11+;;;;/t17-,18?,20+;17-,18?,20-;16-,17?,19?,20-;15-,16?,17-,19+,20+;16-,17?,19+,20+;16-,17?,19+,20-/m111011/s1. The molecule has 0 aromatic rings. The molecule has 17 aliphatic carbocycles. The molecule has 27 atom stereocenters. The topological polar surface area (TPSA) is 38.7 Å². The van der Waals surface area contributed by atoms with E-state index in [2.05, 4.69) is 253 Å². The average molecular weight is 1820 g/mol. The zero-order chi connectivity index (χ0) is 93.4. The van der Waals surface area contributed by atoms with Crippen LogP contribution in [0.5, 0.6) is 0 Å². The van der Waals surface area contributed by atoms with Crippen LogP contribution in [0.4, 0.5) is 0 Å². The molecule has 720 valence electrons. The van der Waals surface area contributed by atoms with Gasteiger partial charge in [0.1, 0.15) is 0 Å². The summed E-state index contributed by atoms with van der Waals surface area (Å²) in [6.45, 7) is 88.1. The van der Waals surface area contributed by atoms with Gasteiger partial charge < -0.3 is 14.2 Å². The van der Waals surface area contributed by atoms with Crippen molar-refractivity contribution in [1.82, 2.24) is 0 Å². The van der Waals surface area contributed by atoms with Crippen molar-refractivity contribution >= 4 is 34.8 Å². The summed E-state index contributed by atoms with van der Waals surface area (Å²) >= 11 is 0. The van der Waals surface area contributed by atoms with Gasteiger partial charge in [-0.15, -0.1) is 19.7 Å². The van der Waals surface area contributed by atoms with Gasteiger partial charge in [-0.05, 0) is 418 Å². The van der Waals surface area contributed by atoms with E-state index in [1.807, 2.05) is 6.92 Å². The minimum atomic E-state index is -0.742. The van der Waals surface area contributed by atoms with E-state index in [1.165, 1.54) is 298 Å². The Morgan fingerprint density at radius 1 is 0.417 bits per heavy atom. The Morgan fingerprint density at radius 3 is 1.22 bits per heavy atom. The van der Waals surface area contributed by atoms with E-state index in [9.17, 15) is 5.11 Å². The Hall–Kier alpha value is -1.26. The van der Waals surface area contributed by atoms with Crippen molar-refractivity contribution in [2.75, 3.05) is 13.2 Å². The van der Waals surface area contributed by atoms with Crippen LogP contribution in [0.2, 0.25) is 0 Å². The van der Waals surface area contributed by atoms with Gasteiger partial charge in [0.25, 0.3) is 0 Å². The van der Waals surface area contributed by atoms with Crippen LogP contribution in [-0.2, 0) is 9.05 Å². The Balaban J connectivity index is 0.000000148. The first-order valence-corrected chi connectivity index (χ1v) is 58.9. The van der Waals surface area contributed by atoms with Crippen LogP contribution < -0.4 is 0 Å². The van der Waals surface area contributed by atoms with Gasteiger partial charge in [0.15, 0.2) is 0 Å². The molecule has 0 aliphatic heterocycles. The highest BCUT2D eigenvalue weighted by molar-refractivity contribution is 8.00. The lowest BCUT2D eigenvalue weighted by Crippen LogP contribution is -2.59. The van der Waals surface area contributed by atoms with Crippen LogP contribution >= 0.6 is 34.8 Å². The van der Waals surface area contributed by atoms with E-state index in [0.717, 1.165) is 85.2 Å². The van der Waals surface area contributed by atoms with Crippen LogP contribution in [-0.4, -0.2) is 23.9 Å². The van der Waals surface area contributed by atoms with Crippen molar-refractivity contribution in [3.8, 4) is 0 Å². The minimum Gasteiger partial charge on any atom is -0.386 e. The molecule has 17 aliphatic rings. The van der Waals surface area contributed by atoms with E-state index < -0.39 is 5.60 Å². The number of hydrogen-bond donors (Lipinski definition) is 1. The van der Waals surface area contributed by atoms with Crippen LogP contribution in [0.15, 0.2) is 133 Å². The van der Waals surface area contributed by atoms with Gasteiger partial charge >= 0.3 is 0 Å². The fourth-order valence-corrected chi connectivity index (χ4v) is 36.8. The van der Waals surface area contributed by atoms with Crippen molar-refractivity contribution in [2.45, 2.75) is 447 Å². The molecule has 11 unspecified atom stereocenters. The largest absolute Gasteiger partial charge is 0.386 e. The Bertz CT molecular complexity index is 3870. The maximum Gasteiger partial charge on any atom is 0.0797 e. The monoisotopic (exact) mass is 1820 g/mol. The van der Waals surface area contributed by atoms with Crippen molar-refractivity contribution in [1.29, 1.82) is 0 Å². The first-order chi connectivity index (χ1) is 59.2. The molecule has 15 saturated carbocycles. The van der Waals surface area contributed by atoms with E-state index in [0.29, 0.717) is 111 Å². The average Bonchev–Trinajstić information content (AvgIpc) is 0.699. The van der Waals surface area contributed by atoms with Gasteiger partial charge in [-0.25, -0.2) is 0 Å². The second-order valence-corrected chi connectivity index (χ2v) is 56.2. The first kappa shape index (κ1) is 106.